The van der Waals surface area contributed by atoms with Crippen molar-refractivity contribution >= 4 is 5.97 Å². The van der Waals surface area contributed by atoms with E-state index in [2.05, 4.69) is 4.98 Å². The van der Waals surface area contributed by atoms with Gasteiger partial charge in [0, 0.05) is 5.56 Å². The lowest BCUT2D eigenvalue weighted by Gasteiger charge is -2.18. The Bertz CT molecular complexity index is 412. The number of rotatable bonds is 5. The zero-order valence-electron chi connectivity index (χ0n) is 9.00. The van der Waals surface area contributed by atoms with Crippen molar-refractivity contribution in [3.8, 4) is 5.88 Å². The molecule has 1 aromatic rings. The van der Waals surface area contributed by atoms with Gasteiger partial charge in [-0.25, -0.2) is 9.37 Å². The van der Waals surface area contributed by atoms with Gasteiger partial charge in [0.25, 0.3) is 0 Å². The third-order valence-corrected chi connectivity index (χ3v) is 2.11. The number of methoxy groups -OCH3 is 1. The second kappa shape index (κ2) is 5.55. The quantitative estimate of drug-likeness (QED) is 0.680. The Morgan fingerprint density at radius 2 is 2.24 bits per heavy atom. The minimum absolute atomic E-state index is 0.0664. The second-order valence-corrected chi connectivity index (χ2v) is 3.36. The van der Waals surface area contributed by atoms with Crippen molar-refractivity contribution in [3.05, 3.63) is 23.6 Å². The van der Waals surface area contributed by atoms with Crippen LogP contribution in [0.2, 0.25) is 0 Å². The molecule has 0 aliphatic rings. The maximum absolute atomic E-state index is 12.9. The zero-order chi connectivity index (χ0) is 13.0. The Hall–Kier alpha value is -1.73. The molecule has 0 spiro atoms. The molecule has 6 nitrogen and oxygen atoms in total. The minimum Gasteiger partial charge on any atom is -0.481 e. The Labute approximate surface area is 96.3 Å². The number of carboxylic acids is 1. The monoisotopic (exact) mass is 245 g/mol. The van der Waals surface area contributed by atoms with Crippen molar-refractivity contribution in [2.24, 2.45) is 0 Å². The maximum atomic E-state index is 12.9. The van der Waals surface area contributed by atoms with Crippen molar-refractivity contribution in [3.63, 3.8) is 0 Å². The van der Waals surface area contributed by atoms with Crippen molar-refractivity contribution < 1.29 is 29.2 Å². The third kappa shape index (κ3) is 3.36. The average Bonchev–Trinajstić information content (AvgIpc) is 2.27. The predicted molar refractivity (Wildman–Crippen MR) is 54.0 cm³/mol. The smallest absolute Gasteiger partial charge is 0.306 e. The number of aromatic nitrogens is 1. The predicted octanol–water partition coefficient (Wildman–Crippen LogP) is 0.0983. The van der Waals surface area contributed by atoms with Gasteiger partial charge in [0.1, 0.15) is 11.9 Å². The van der Waals surface area contributed by atoms with Gasteiger partial charge in [-0.1, -0.05) is 0 Å². The fraction of sp³-hybridized carbons (Fsp3) is 0.400. The lowest BCUT2D eigenvalue weighted by molar-refractivity contribution is -0.141. The average molecular weight is 245 g/mol. The topological polar surface area (TPSA) is 99.9 Å². The normalized spacial score (nSPS) is 14.1. The zero-order valence-corrected chi connectivity index (χ0v) is 9.00. The molecule has 0 amide bonds. The van der Waals surface area contributed by atoms with E-state index < -0.39 is 30.4 Å². The molecule has 2 atom stereocenters. The summed E-state index contributed by atoms with van der Waals surface area (Å²) in [5.41, 5.74) is -0.0961. The molecule has 0 aromatic carbocycles. The highest BCUT2D eigenvalue weighted by Gasteiger charge is 2.25. The van der Waals surface area contributed by atoms with Gasteiger partial charge >= 0.3 is 5.97 Å². The third-order valence-electron chi connectivity index (χ3n) is 2.11. The van der Waals surface area contributed by atoms with E-state index in [0.717, 1.165) is 12.3 Å². The van der Waals surface area contributed by atoms with E-state index in [1.807, 2.05) is 0 Å². The number of halogens is 1. The van der Waals surface area contributed by atoms with Crippen LogP contribution in [0.4, 0.5) is 4.39 Å². The van der Waals surface area contributed by atoms with Gasteiger partial charge in [-0.3, -0.25) is 4.79 Å². The van der Waals surface area contributed by atoms with Gasteiger partial charge < -0.3 is 20.1 Å². The number of aliphatic hydroxyl groups is 2. The highest BCUT2D eigenvalue weighted by molar-refractivity contribution is 5.67. The molecule has 2 unspecified atom stereocenters. The summed E-state index contributed by atoms with van der Waals surface area (Å²) in [5, 5.41) is 27.6. The van der Waals surface area contributed by atoms with E-state index in [1.165, 1.54) is 7.11 Å². The molecule has 0 aliphatic heterocycles. The van der Waals surface area contributed by atoms with Crippen molar-refractivity contribution in [1.82, 2.24) is 4.98 Å². The number of aliphatic carboxylic acids is 1. The molecule has 0 aliphatic carbocycles. The van der Waals surface area contributed by atoms with Crippen LogP contribution < -0.4 is 4.74 Å². The van der Waals surface area contributed by atoms with Gasteiger partial charge in [-0.15, -0.1) is 0 Å². The first-order valence-electron chi connectivity index (χ1n) is 4.73. The first kappa shape index (κ1) is 13.3. The largest absolute Gasteiger partial charge is 0.481 e. The SMILES string of the molecule is COc1ncc(F)cc1C(O)C(O)CC(=O)O. The molecular formula is C10H12FNO5. The first-order chi connectivity index (χ1) is 7.95. The van der Waals surface area contributed by atoms with E-state index in [1.54, 1.807) is 0 Å². The first-order valence-corrected chi connectivity index (χ1v) is 4.73. The summed E-state index contributed by atoms with van der Waals surface area (Å²) in [6.45, 7) is 0. The molecule has 0 radical (unpaired) electrons. The number of nitrogens with zero attached hydrogens (tertiary/aromatic N) is 1. The van der Waals surface area contributed by atoms with Crippen LogP contribution in [0.1, 0.15) is 18.1 Å². The van der Waals surface area contributed by atoms with Crippen LogP contribution in [0, 0.1) is 5.82 Å². The van der Waals surface area contributed by atoms with Gasteiger partial charge in [-0.05, 0) is 6.07 Å². The summed E-state index contributed by atoms with van der Waals surface area (Å²) in [4.78, 5) is 13.9. The standard InChI is InChI=1S/C10H12FNO5/c1-17-10-6(2-5(11)4-12-10)9(16)7(13)3-8(14)15/h2,4,7,9,13,16H,3H2,1H3,(H,14,15). The van der Waals surface area contributed by atoms with Crippen molar-refractivity contribution in [2.75, 3.05) is 7.11 Å². The van der Waals surface area contributed by atoms with Gasteiger partial charge in [0.15, 0.2) is 0 Å². The Morgan fingerprint density at radius 1 is 1.59 bits per heavy atom. The number of carboxylic acid groups (broad SMARTS) is 1. The molecule has 7 heteroatoms. The Kier molecular flexibility index (Phi) is 4.36. The molecular weight excluding hydrogens is 233 g/mol. The molecule has 1 heterocycles. The highest BCUT2D eigenvalue weighted by atomic mass is 19.1. The van der Waals surface area contributed by atoms with Crippen LogP contribution in [-0.4, -0.2) is 39.5 Å². The molecule has 17 heavy (non-hydrogen) atoms. The van der Waals surface area contributed by atoms with Crippen LogP contribution in [0.25, 0.3) is 0 Å². The number of hydrogen-bond donors (Lipinski definition) is 3. The summed E-state index contributed by atoms with van der Waals surface area (Å²) in [7, 11) is 1.26. The van der Waals surface area contributed by atoms with Gasteiger partial charge in [0.2, 0.25) is 5.88 Å². The molecule has 94 valence electrons. The van der Waals surface area contributed by atoms with Crippen LogP contribution in [0.15, 0.2) is 12.3 Å². The summed E-state index contributed by atoms with van der Waals surface area (Å²) >= 11 is 0. The summed E-state index contributed by atoms with van der Waals surface area (Å²) in [6, 6.07) is 0.932. The fourth-order valence-electron chi connectivity index (χ4n) is 1.32. The van der Waals surface area contributed by atoms with E-state index in [9.17, 15) is 19.4 Å². The summed E-state index contributed by atoms with van der Waals surface area (Å²) < 4.78 is 17.7. The van der Waals surface area contributed by atoms with Crippen LogP contribution in [-0.2, 0) is 4.79 Å². The van der Waals surface area contributed by atoms with Gasteiger partial charge in [-0.2, -0.15) is 0 Å². The molecule has 0 fully saturated rings. The van der Waals surface area contributed by atoms with Gasteiger partial charge in [0.05, 0.1) is 25.8 Å². The van der Waals surface area contributed by atoms with Crippen molar-refractivity contribution in [2.45, 2.75) is 18.6 Å². The highest BCUT2D eigenvalue weighted by Crippen LogP contribution is 2.26. The summed E-state index contributed by atoms with van der Waals surface area (Å²) in [6.07, 6.45) is -2.92. The minimum atomic E-state index is -1.58. The fourth-order valence-corrected chi connectivity index (χ4v) is 1.32. The molecule has 3 N–H and O–H groups in total. The number of hydrogen-bond acceptors (Lipinski definition) is 5. The summed E-state index contributed by atoms with van der Waals surface area (Å²) in [5.74, 6) is -2.06. The molecule has 0 bridgehead atoms. The molecule has 1 rings (SSSR count). The molecule has 1 aromatic heterocycles. The number of carbonyl (C=O) groups is 1. The van der Waals surface area contributed by atoms with Crippen LogP contribution in [0.3, 0.4) is 0 Å². The number of ether oxygens (including phenoxy) is 1. The number of pyridine rings is 1. The molecule has 0 saturated heterocycles. The van der Waals surface area contributed by atoms with Crippen LogP contribution in [0.5, 0.6) is 5.88 Å². The van der Waals surface area contributed by atoms with E-state index >= 15 is 0 Å². The van der Waals surface area contributed by atoms with E-state index in [4.69, 9.17) is 9.84 Å². The van der Waals surface area contributed by atoms with E-state index in [0.29, 0.717) is 0 Å². The van der Waals surface area contributed by atoms with Crippen molar-refractivity contribution in [1.29, 1.82) is 0 Å². The lowest BCUT2D eigenvalue weighted by atomic mass is 10.0. The van der Waals surface area contributed by atoms with Crippen LogP contribution >= 0.6 is 0 Å². The number of aliphatic hydroxyl groups excluding tert-OH is 2. The maximum Gasteiger partial charge on any atom is 0.306 e. The molecule has 0 saturated carbocycles. The van der Waals surface area contributed by atoms with E-state index in [-0.39, 0.29) is 11.4 Å². The Morgan fingerprint density at radius 3 is 2.76 bits per heavy atom. The Balaban J connectivity index is 2.97. The second-order valence-electron chi connectivity index (χ2n) is 3.36. The lowest BCUT2D eigenvalue weighted by Crippen LogP contribution is -2.22.